The Balaban J connectivity index is 3.06. The van der Waals surface area contributed by atoms with Gasteiger partial charge in [0.2, 0.25) is 0 Å². The van der Waals surface area contributed by atoms with Gasteiger partial charge in [-0.05, 0) is 31.5 Å². The van der Waals surface area contributed by atoms with Gasteiger partial charge in [-0.3, -0.25) is 0 Å². The van der Waals surface area contributed by atoms with Gasteiger partial charge in [0.25, 0.3) is 0 Å². The van der Waals surface area contributed by atoms with Crippen LogP contribution in [0.3, 0.4) is 0 Å². The molecule has 0 aliphatic carbocycles. The van der Waals surface area contributed by atoms with E-state index in [0.29, 0.717) is 6.61 Å². The molecule has 0 unspecified atom stereocenters. The number of rotatable bonds is 2. The number of hydrogen-bond donors (Lipinski definition) is 0. The minimum Gasteiger partial charge on any atom is -0.492 e. The summed E-state index contributed by atoms with van der Waals surface area (Å²) in [4.78, 5) is 0. The molecule has 0 atom stereocenters. The topological polar surface area (TPSA) is 9.23 Å². The van der Waals surface area contributed by atoms with Gasteiger partial charge in [-0.1, -0.05) is 12.0 Å². The van der Waals surface area contributed by atoms with Crippen molar-refractivity contribution in [2.45, 2.75) is 6.92 Å². The molecule has 0 bridgehead atoms. The molecule has 1 radical (unpaired) electrons. The van der Waals surface area contributed by atoms with E-state index in [1.807, 2.05) is 25.1 Å². The van der Waals surface area contributed by atoms with Gasteiger partial charge in [-0.2, -0.15) is 0 Å². The van der Waals surface area contributed by atoms with Crippen LogP contribution < -0.4 is 4.74 Å². The van der Waals surface area contributed by atoms with Crippen molar-refractivity contribution in [3.05, 3.63) is 36.2 Å². The average molecular weight is 159 g/mol. The van der Waals surface area contributed by atoms with Crippen molar-refractivity contribution in [2.75, 3.05) is 6.61 Å². The Morgan fingerprint density at radius 3 is 2.92 bits per heavy atom. The fraction of sp³-hybridized carbons (Fsp3) is 0.182. The number of ether oxygens (including phenoxy) is 1. The van der Waals surface area contributed by atoms with Crippen LogP contribution in [0.2, 0.25) is 0 Å². The van der Waals surface area contributed by atoms with Gasteiger partial charge in [0.05, 0.1) is 12.2 Å². The Labute approximate surface area is 73.4 Å². The summed E-state index contributed by atoms with van der Waals surface area (Å²) in [6, 6.07) is 5.76. The first kappa shape index (κ1) is 8.67. The van der Waals surface area contributed by atoms with E-state index in [-0.39, 0.29) is 0 Å². The molecule has 0 amide bonds. The lowest BCUT2D eigenvalue weighted by Gasteiger charge is -2.05. The lowest BCUT2D eigenvalue weighted by molar-refractivity contribution is 0.360. The molecule has 0 heterocycles. The lowest BCUT2D eigenvalue weighted by Crippen LogP contribution is -1.94. The largest absolute Gasteiger partial charge is 0.492 e. The Morgan fingerprint density at radius 2 is 2.33 bits per heavy atom. The molecule has 0 N–H and O–H groups in total. The fourth-order valence-electron chi connectivity index (χ4n) is 0.978. The molecular weight excluding hydrogens is 148 g/mol. The van der Waals surface area contributed by atoms with Crippen LogP contribution in [0.1, 0.15) is 11.1 Å². The molecule has 61 valence electrons. The van der Waals surface area contributed by atoms with E-state index in [1.54, 1.807) is 0 Å². The summed E-state index contributed by atoms with van der Waals surface area (Å²) in [6.45, 7) is 5.99. The standard InChI is InChI=1S/C11H11O/c1-4-10-7-6-9(3)8-11(10)12-5-2/h1,6-8H,2,5H2,3H3. The van der Waals surface area contributed by atoms with Crippen LogP contribution in [0.25, 0.3) is 0 Å². The van der Waals surface area contributed by atoms with Gasteiger partial charge in [-0.25, -0.2) is 0 Å². The highest BCUT2D eigenvalue weighted by Gasteiger charge is 1.99. The van der Waals surface area contributed by atoms with Crippen LogP contribution in [0.5, 0.6) is 5.75 Å². The monoisotopic (exact) mass is 159 g/mol. The second-order valence-corrected chi connectivity index (χ2v) is 2.49. The van der Waals surface area contributed by atoms with E-state index in [1.165, 1.54) is 0 Å². The molecule has 0 spiro atoms. The zero-order valence-corrected chi connectivity index (χ0v) is 7.13. The van der Waals surface area contributed by atoms with Gasteiger partial charge >= 0.3 is 0 Å². The first-order valence-electron chi connectivity index (χ1n) is 3.77. The maximum Gasteiger partial charge on any atom is 0.135 e. The summed E-state index contributed by atoms with van der Waals surface area (Å²) in [5.41, 5.74) is 1.92. The first-order chi connectivity index (χ1) is 5.77. The Morgan fingerprint density at radius 1 is 1.58 bits per heavy atom. The van der Waals surface area contributed by atoms with E-state index in [4.69, 9.17) is 11.2 Å². The quantitative estimate of drug-likeness (QED) is 0.601. The third-order valence-corrected chi connectivity index (χ3v) is 1.55. The molecule has 0 aliphatic rings. The van der Waals surface area contributed by atoms with E-state index in [0.717, 1.165) is 16.9 Å². The molecule has 0 fully saturated rings. The third kappa shape index (κ3) is 1.79. The van der Waals surface area contributed by atoms with Crippen molar-refractivity contribution in [1.82, 2.24) is 0 Å². The van der Waals surface area contributed by atoms with Crippen molar-refractivity contribution in [3.8, 4) is 18.1 Å². The molecule has 12 heavy (non-hydrogen) atoms. The van der Waals surface area contributed by atoms with Gasteiger partial charge in [0.1, 0.15) is 5.75 Å². The number of aryl methyl sites for hydroxylation is 1. The molecule has 0 saturated carbocycles. The zero-order valence-electron chi connectivity index (χ0n) is 7.13. The average Bonchev–Trinajstić information content (AvgIpc) is 2.05. The van der Waals surface area contributed by atoms with E-state index in [2.05, 4.69) is 12.8 Å². The molecule has 1 heteroatoms. The minimum atomic E-state index is 0.401. The maximum atomic E-state index is 5.28. The first-order valence-corrected chi connectivity index (χ1v) is 3.77. The molecule has 0 aromatic heterocycles. The van der Waals surface area contributed by atoms with E-state index >= 15 is 0 Å². The zero-order chi connectivity index (χ0) is 8.97. The number of terminal acetylenes is 1. The third-order valence-electron chi connectivity index (χ3n) is 1.55. The Bertz CT molecular complexity index is 307. The predicted molar refractivity (Wildman–Crippen MR) is 50.0 cm³/mol. The van der Waals surface area contributed by atoms with Crippen molar-refractivity contribution < 1.29 is 4.74 Å². The highest BCUT2D eigenvalue weighted by molar-refractivity contribution is 5.46. The summed E-state index contributed by atoms with van der Waals surface area (Å²) in [5.74, 6) is 3.30. The normalized spacial score (nSPS) is 9.08. The molecule has 0 aliphatic heterocycles. The summed E-state index contributed by atoms with van der Waals surface area (Å²) in [5, 5.41) is 0. The highest BCUT2D eigenvalue weighted by Crippen LogP contribution is 2.18. The predicted octanol–water partition coefficient (Wildman–Crippen LogP) is 2.19. The van der Waals surface area contributed by atoms with Crippen LogP contribution in [0.4, 0.5) is 0 Å². The Hall–Kier alpha value is -1.42. The summed E-state index contributed by atoms with van der Waals surface area (Å²) in [7, 11) is 0. The van der Waals surface area contributed by atoms with Crippen LogP contribution in [-0.2, 0) is 0 Å². The minimum absolute atomic E-state index is 0.401. The van der Waals surface area contributed by atoms with Crippen LogP contribution in [0.15, 0.2) is 18.2 Å². The summed E-state index contributed by atoms with van der Waals surface area (Å²) in [6.07, 6.45) is 5.28. The van der Waals surface area contributed by atoms with Crippen LogP contribution >= 0.6 is 0 Å². The van der Waals surface area contributed by atoms with Crippen molar-refractivity contribution in [3.63, 3.8) is 0 Å². The van der Waals surface area contributed by atoms with Crippen LogP contribution in [0, 0.1) is 26.2 Å². The van der Waals surface area contributed by atoms with E-state index in [9.17, 15) is 0 Å². The molecule has 1 nitrogen and oxygen atoms in total. The van der Waals surface area contributed by atoms with Crippen LogP contribution in [-0.4, -0.2) is 6.61 Å². The second-order valence-electron chi connectivity index (χ2n) is 2.49. The Kier molecular flexibility index (Phi) is 2.76. The summed E-state index contributed by atoms with van der Waals surface area (Å²) < 4.78 is 5.26. The van der Waals surface area contributed by atoms with Crippen molar-refractivity contribution >= 4 is 0 Å². The van der Waals surface area contributed by atoms with Gasteiger partial charge in [0, 0.05) is 0 Å². The maximum absolute atomic E-state index is 5.28. The molecule has 1 aromatic rings. The lowest BCUT2D eigenvalue weighted by atomic mass is 10.1. The van der Waals surface area contributed by atoms with Crippen molar-refractivity contribution in [1.29, 1.82) is 0 Å². The highest BCUT2D eigenvalue weighted by atomic mass is 16.5. The molecule has 0 saturated heterocycles. The molecule has 1 rings (SSSR count). The number of benzene rings is 1. The second kappa shape index (κ2) is 3.82. The molecule has 1 aromatic carbocycles. The summed E-state index contributed by atoms with van der Waals surface area (Å²) >= 11 is 0. The van der Waals surface area contributed by atoms with Crippen molar-refractivity contribution in [2.24, 2.45) is 0 Å². The van der Waals surface area contributed by atoms with Gasteiger partial charge < -0.3 is 4.74 Å². The smallest absolute Gasteiger partial charge is 0.135 e. The van der Waals surface area contributed by atoms with Gasteiger partial charge in [-0.15, -0.1) is 6.42 Å². The fourth-order valence-corrected chi connectivity index (χ4v) is 0.978. The SMILES string of the molecule is C#Cc1ccc(C)cc1OC[CH2]. The molecular formula is C11H11O. The number of hydrogen-bond acceptors (Lipinski definition) is 1. The van der Waals surface area contributed by atoms with E-state index < -0.39 is 0 Å². The van der Waals surface area contributed by atoms with Gasteiger partial charge in [0.15, 0.2) is 0 Å².